The van der Waals surface area contributed by atoms with Gasteiger partial charge in [0.15, 0.2) is 5.65 Å². The Kier molecular flexibility index (Phi) is 2.51. The van der Waals surface area contributed by atoms with E-state index in [1.807, 2.05) is 6.92 Å². The van der Waals surface area contributed by atoms with Gasteiger partial charge in [0.25, 0.3) is 0 Å². The van der Waals surface area contributed by atoms with Gasteiger partial charge in [-0.25, -0.2) is 9.89 Å². The molecule has 2 rings (SSSR count). The summed E-state index contributed by atoms with van der Waals surface area (Å²) in [4.78, 5) is 11.2. The molecule has 2 aromatic heterocycles. The number of aliphatic hydroxyl groups excluding tert-OH is 1. The van der Waals surface area contributed by atoms with Crippen LogP contribution < -0.4 is 5.69 Å². The van der Waals surface area contributed by atoms with Gasteiger partial charge < -0.3 is 5.11 Å². The minimum atomic E-state index is -0.419. The second-order valence-corrected chi connectivity index (χ2v) is 3.39. The van der Waals surface area contributed by atoms with Crippen LogP contribution in [0.4, 0.5) is 0 Å². The largest absolute Gasteiger partial charge is 0.393 e. The molecule has 1 unspecified atom stereocenters. The van der Waals surface area contributed by atoms with E-state index in [0.29, 0.717) is 24.2 Å². The maximum Gasteiger partial charge on any atom is 0.364 e. The van der Waals surface area contributed by atoms with Gasteiger partial charge in [0.05, 0.1) is 11.8 Å². The van der Waals surface area contributed by atoms with Crippen molar-refractivity contribution in [1.82, 2.24) is 19.8 Å². The number of fused-ring (bicyclic) bond motifs is 1. The first-order chi connectivity index (χ1) is 7.20. The lowest BCUT2D eigenvalue weighted by molar-refractivity contribution is 0.169. The number of H-pyrrole nitrogens is 1. The number of aromatic nitrogens is 4. The fraction of sp³-hybridized carbons (Fsp3) is 0.444. The quantitative estimate of drug-likeness (QED) is 0.727. The molecule has 0 saturated carbocycles. The Labute approximate surface area is 85.6 Å². The highest BCUT2D eigenvalue weighted by atomic mass is 16.3. The second kappa shape index (κ2) is 3.82. The van der Waals surface area contributed by atoms with Crippen LogP contribution in [0.2, 0.25) is 0 Å². The van der Waals surface area contributed by atoms with Crippen molar-refractivity contribution in [2.75, 3.05) is 0 Å². The number of aliphatic hydroxyl groups is 1. The number of aromatic amines is 1. The molecule has 0 aromatic carbocycles. The van der Waals surface area contributed by atoms with Crippen molar-refractivity contribution in [2.24, 2.45) is 0 Å². The molecule has 0 aliphatic heterocycles. The first kappa shape index (κ1) is 9.85. The van der Waals surface area contributed by atoms with Crippen molar-refractivity contribution < 1.29 is 5.11 Å². The smallest absolute Gasteiger partial charge is 0.364 e. The van der Waals surface area contributed by atoms with Gasteiger partial charge in [-0.05, 0) is 18.6 Å². The lowest BCUT2D eigenvalue weighted by Gasteiger charge is -2.05. The van der Waals surface area contributed by atoms with Crippen molar-refractivity contribution >= 4 is 5.65 Å². The van der Waals surface area contributed by atoms with Gasteiger partial charge in [0, 0.05) is 6.42 Å². The van der Waals surface area contributed by atoms with Gasteiger partial charge in [0.1, 0.15) is 0 Å². The van der Waals surface area contributed by atoms with Gasteiger partial charge in [0.2, 0.25) is 0 Å². The van der Waals surface area contributed by atoms with Crippen LogP contribution in [0.3, 0.4) is 0 Å². The molecule has 6 heteroatoms. The standard InChI is InChI=1S/C9H12N4O2/c1-2-7(14)5-6-3-4-8-10-11-9(15)13(8)12-6/h3-4,7,14H,2,5H2,1H3,(H,11,15). The van der Waals surface area contributed by atoms with Crippen molar-refractivity contribution in [2.45, 2.75) is 25.9 Å². The summed E-state index contributed by atoms with van der Waals surface area (Å²) < 4.78 is 1.19. The molecule has 0 bridgehead atoms. The molecule has 80 valence electrons. The highest BCUT2D eigenvalue weighted by Gasteiger charge is 2.06. The molecule has 15 heavy (non-hydrogen) atoms. The molecular weight excluding hydrogens is 196 g/mol. The number of nitrogens with one attached hydrogen (secondary N) is 1. The van der Waals surface area contributed by atoms with Crippen LogP contribution in [0.1, 0.15) is 19.0 Å². The zero-order valence-electron chi connectivity index (χ0n) is 8.34. The monoisotopic (exact) mass is 208 g/mol. The number of hydrogen-bond acceptors (Lipinski definition) is 4. The number of nitrogens with zero attached hydrogens (tertiary/aromatic N) is 3. The predicted molar refractivity (Wildman–Crippen MR) is 53.6 cm³/mol. The van der Waals surface area contributed by atoms with Crippen LogP contribution in [0.25, 0.3) is 5.65 Å². The third-order valence-electron chi connectivity index (χ3n) is 2.24. The van der Waals surface area contributed by atoms with Crippen molar-refractivity contribution in [3.8, 4) is 0 Å². The molecule has 2 N–H and O–H groups in total. The van der Waals surface area contributed by atoms with Crippen LogP contribution in [0.5, 0.6) is 0 Å². The van der Waals surface area contributed by atoms with Crippen molar-refractivity contribution in [3.63, 3.8) is 0 Å². The maximum atomic E-state index is 11.2. The molecule has 0 aliphatic carbocycles. The fourth-order valence-corrected chi connectivity index (χ4v) is 1.34. The van der Waals surface area contributed by atoms with Gasteiger partial charge in [-0.15, -0.1) is 0 Å². The lowest BCUT2D eigenvalue weighted by Crippen LogP contribution is -2.16. The average Bonchev–Trinajstić information content (AvgIpc) is 2.60. The highest BCUT2D eigenvalue weighted by Crippen LogP contribution is 2.03. The number of rotatable bonds is 3. The summed E-state index contributed by atoms with van der Waals surface area (Å²) in [5.41, 5.74) is 0.799. The summed E-state index contributed by atoms with van der Waals surface area (Å²) in [7, 11) is 0. The predicted octanol–water partition coefficient (Wildman–Crippen LogP) is -0.269. The van der Waals surface area contributed by atoms with E-state index in [1.54, 1.807) is 12.1 Å². The molecule has 2 aromatic rings. The average molecular weight is 208 g/mol. The zero-order valence-corrected chi connectivity index (χ0v) is 8.34. The van der Waals surface area contributed by atoms with Gasteiger partial charge >= 0.3 is 5.69 Å². The SMILES string of the molecule is CCC(O)Cc1ccc2n[nH]c(=O)n2n1. The van der Waals surface area contributed by atoms with E-state index < -0.39 is 6.10 Å². The molecule has 0 amide bonds. The van der Waals surface area contributed by atoms with Crippen LogP contribution in [0, 0.1) is 0 Å². The van der Waals surface area contributed by atoms with E-state index in [1.165, 1.54) is 4.52 Å². The molecule has 0 aliphatic rings. The minimum absolute atomic E-state index is 0.363. The molecule has 6 nitrogen and oxygen atoms in total. The van der Waals surface area contributed by atoms with E-state index in [9.17, 15) is 9.90 Å². The third-order valence-corrected chi connectivity index (χ3v) is 2.24. The van der Waals surface area contributed by atoms with Crippen molar-refractivity contribution in [1.29, 1.82) is 0 Å². The Morgan fingerprint density at radius 1 is 1.60 bits per heavy atom. The summed E-state index contributed by atoms with van der Waals surface area (Å²) in [5.74, 6) is 0. The van der Waals surface area contributed by atoms with E-state index in [4.69, 9.17) is 0 Å². The lowest BCUT2D eigenvalue weighted by atomic mass is 10.1. The summed E-state index contributed by atoms with van der Waals surface area (Å²) in [6, 6.07) is 3.46. The second-order valence-electron chi connectivity index (χ2n) is 3.39. The Morgan fingerprint density at radius 2 is 2.40 bits per heavy atom. The fourth-order valence-electron chi connectivity index (χ4n) is 1.34. The summed E-state index contributed by atoms with van der Waals surface area (Å²) in [5, 5.41) is 19.6. The number of hydrogen-bond donors (Lipinski definition) is 2. The summed E-state index contributed by atoms with van der Waals surface area (Å²) in [6.07, 6.45) is 0.696. The van der Waals surface area contributed by atoms with Crippen LogP contribution in [-0.2, 0) is 6.42 Å². The van der Waals surface area contributed by atoms with Gasteiger partial charge in [-0.1, -0.05) is 6.92 Å². The minimum Gasteiger partial charge on any atom is -0.393 e. The third kappa shape index (κ3) is 1.89. The van der Waals surface area contributed by atoms with Crippen molar-refractivity contribution in [3.05, 3.63) is 28.3 Å². The van der Waals surface area contributed by atoms with E-state index >= 15 is 0 Å². The first-order valence-electron chi connectivity index (χ1n) is 4.82. The first-order valence-corrected chi connectivity index (χ1v) is 4.82. The Balaban J connectivity index is 2.37. The highest BCUT2D eigenvalue weighted by molar-refractivity contribution is 5.34. The molecule has 0 saturated heterocycles. The van der Waals surface area contributed by atoms with Crippen LogP contribution in [0.15, 0.2) is 16.9 Å². The summed E-state index contributed by atoms with van der Waals surface area (Å²) >= 11 is 0. The Morgan fingerprint density at radius 3 is 3.13 bits per heavy atom. The normalized spacial score (nSPS) is 13.2. The van der Waals surface area contributed by atoms with Crippen LogP contribution in [-0.4, -0.2) is 31.0 Å². The Hall–Kier alpha value is -1.69. The molecule has 0 fully saturated rings. The van der Waals surface area contributed by atoms with E-state index in [0.717, 1.165) is 0 Å². The van der Waals surface area contributed by atoms with Gasteiger partial charge in [-0.2, -0.15) is 14.7 Å². The molecular formula is C9H12N4O2. The van der Waals surface area contributed by atoms with E-state index in [2.05, 4.69) is 15.3 Å². The topological polar surface area (TPSA) is 83.3 Å². The maximum absolute atomic E-state index is 11.2. The zero-order chi connectivity index (χ0) is 10.8. The molecule has 2 heterocycles. The summed E-state index contributed by atoms with van der Waals surface area (Å²) in [6.45, 7) is 1.90. The molecule has 0 radical (unpaired) electrons. The van der Waals surface area contributed by atoms with Crippen LogP contribution >= 0.6 is 0 Å². The van der Waals surface area contributed by atoms with E-state index in [-0.39, 0.29) is 5.69 Å². The Bertz CT molecular complexity index is 516. The van der Waals surface area contributed by atoms with Gasteiger partial charge in [-0.3, -0.25) is 0 Å². The molecule has 1 atom stereocenters. The molecule has 0 spiro atoms.